The second-order valence-corrected chi connectivity index (χ2v) is 7.40. The molecule has 0 radical (unpaired) electrons. The summed E-state index contributed by atoms with van der Waals surface area (Å²) < 4.78 is 6.12. The monoisotopic (exact) mass is 356 g/mol. The topological polar surface area (TPSA) is 72.2 Å². The number of amides is 1. The molecule has 0 fully saturated rings. The van der Waals surface area contributed by atoms with E-state index in [0.717, 1.165) is 21.3 Å². The molecule has 0 aliphatic rings. The molecular formula is C17H12N2O3S2. The normalized spacial score (nSPS) is 11.2. The van der Waals surface area contributed by atoms with Crippen LogP contribution in [0.25, 0.3) is 21.1 Å². The quantitative estimate of drug-likeness (QED) is 0.543. The van der Waals surface area contributed by atoms with Crippen LogP contribution in [0.15, 0.2) is 38.9 Å². The van der Waals surface area contributed by atoms with Crippen molar-refractivity contribution in [2.24, 2.45) is 0 Å². The molecule has 0 saturated carbocycles. The van der Waals surface area contributed by atoms with Gasteiger partial charge in [-0.25, -0.2) is 9.78 Å². The van der Waals surface area contributed by atoms with Crippen molar-refractivity contribution in [2.75, 3.05) is 5.32 Å². The zero-order chi connectivity index (χ0) is 16.8. The van der Waals surface area contributed by atoms with Gasteiger partial charge in [0.15, 0.2) is 5.13 Å². The third kappa shape index (κ3) is 2.51. The minimum Gasteiger partial charge on any atom is -0.422 e. The van der Waals surface area contributed by atoms with E-state index in [2.05, 4.69) is 10.3 Å². The number of aryl methyl sites for hydroxylation is 2. The summed E-state index contributed by atoms with van der Waals surface area (Å²) in [4.78, 5) is 29.3. The SMILES string of the molecule is Cc1ccc2oc(=O)c3cc(C(=O)Nc4nc(C)cs4)sc3c2c1. The number of thiazole rings is 1. The van der Waals surface area contributed by atoms with Gasteiger partial charge >= 0.3 is 5.63 Å². The summed E-state index contributed by atoms with van der Waals surface area (Å²) in [6, 6.07) is 7.22. The fourth-order valence-electron chi connectivity index (χ4n) is 2.49. The van der Waals surface area contributed by atoms with E-state index in [1.807, 2.05) is 31.4 Å². The van der Waals surface area contributed by atoms with E-state index in [9.17, 15) is 9.59 Å². The van der Waals surface area contributed by atoms with Crippen LogP contribution in [-0.4, -0.2) is 10.9 Å². The van der Waals surface area contributed by atoms with Crippen LogP contribution in [0.3, 0.4) is 0 Å². The molecule has 4 rings (SSSR count). The number of carbonyl (C=O) groups is 1. The Morgan fingerprint density at radius 3 is 2.79 bits per heavy atom. The van der Waals surface area contributed by atoms with Crippen molar-refractivity contribution in [2.45, 2.75) is 13.8 Å². The Morgan fingerprint density at radius 2 is 2.04 bits per heavy atom. The van der Waals surface area contributed by atoms with Gasteiger partial charge in [-0.2, -0.15) is 0 Å². The molecule has 0 spiro atoms. The van der Waals surface area contributed by atoms with Crippen molar-refractivity contribution >= 4 is 54.8 Å². The van der Waals surface area contributed by atoms with Crippen LogP contribution in [0.1, 0.15) is 20.9 Å². The van der Waals surface area contributed by atoms with Gasteiger partial charge in [0.1, 0.15) is 5.58 Å². The molecule has 1 amide bonds. The third-order valence-corrected chi connectivity index (χ3v) is 5.64. The summed E-state index contributed by atoms with van der Waals surface area (Å²) >= 11 is 2.66. The summed E-state index contributed by atoms with van der Waals surface area (Å²) in [6.45, 7) is 3.84. The number of aromatic nitrogens is 1. The van der Waals surface area contributed by atoms with Crippen LogP contribution >= 0.6 is 22.7 Å². The lowest BCUT2D eigenvalue weighted by atomic mass is 10.1. The second kappa shape index (κ2) is 5.54. The van der Waals surface area contributed by atoms with Gasteiger partial charge in [-0.1, -0.05) is 11.6 Å². The fourth-order valence-corrected chi connectivity index (χ4v) is 4.24. The summed E-state index contributed by atoms with van der Waals surface area (Å²) in [5.74, 6) is -0.272. The van der Waals surface area contributed by atoms with Crippen molar-refractivity contribution in [3.63, 3.8) is 0 Å². The van der Waals surface area contributed by atoms with Crippen molar-refractivity contribution in [3.8, 4) is 0 Å². The molecule has 0 unspecified atom stereocenters. The Morgan fingerprint density at radius 1 is 1.21 bits per heavy atom. The van der Waals surface area contributed by atoms with Gasteiger partial charge in [-0.05, 0) is 32.0 Å². The van der Waals surface area contributed by atoms with Crippen LogP contribution in [0.4, 0.5) is 5.13 Å². The van der Waals surface area contributed by atoms with E-state index in [1.165, 1.54) is 22.7 Å². The lowest BCUT2D eigenvalue weighted by molar-refractivity contribution is 0.103. The maximum Gasteiger partial charge on any atom is 0.345 e. The zero-order valence-corrected chi connectivity index (χ0v) is 14.5. The van der Waals surface area contributed by atoms with Gasteiger partial charge in [0, 0.05) is 10.8 Å². The first kappa shape index (κ1) is 15.0. The number of nitrogens with one attached hydrogen (secondary N) is 1. The number of nitrogens with zero attached hydrogens (tertiary/aromatic N) is 1. The molecule has 1 N–H and O–H groups in total. The van der Waals surface area contributed by atoms with E-state index in [0.29, 0.717) is 21.0 Å². The van der Waals surface area contributed by atoms with E-state index in [-0.39, 0.29) is 5.91 Å². The van der Waals surface area contributed by atoms with Crippen LogP contribution < -0.4 is 10.9 Å². The van der Waals surface area contributed by atoms with Gasteiger partial charge in [0.05, 0.1) is 20.7 Å². The highest BCUT2D eigenvalue weighted by atomic mass is 32.1. The van der Waals surface area contributed by atoms with Crippen molar-refractivity contribution in [1.29, 1.82) is 0 Å². The van der Waals surface area contributed by atoms with E-state index in [1.54, 1.807) is 12.1 Å². The Hall–Kier alpha value is -2.51. The summed E-state index contributed by atoms with van der Waals surface area (Å²) in [5, 5.41) is 6.45. The van der Waals surface area contributed by atoms with Gasteiger partial charge < -0.3 is 4.42 Å². The molecule has 0 aliphatic heterocycles. The lowest BCUT2D eigenvalue weighted by Crippen LogP contribution is -2.09. The molecule has 1 aromatic carbocycles. The molecule has 7 heteroatoms. The summed E-state index contributed by atoms with van der Waals surface area (Å²) in [5.41, 5.74) is 2.02. The smallest absolute Gasteiger partial charge is 0.345 e. The number of thiophene rings is 1. The summed E-state index contributed by atoms with van der Waals surface area (Å²) in [7, 11) is 0. The van der Waals surface area contributed by atoms with Crippen LogP contribution in [0, 0.1) is 13.8 Å². The third-order valence-electron chi connectivity index (χ3n) is 3.60. The highest BCUT2D eigenvalue weighted by Crippen LogP contribution is 2.31. The first-order valence-electron chi connectivity index (χ1n) is 7.22. The van der Waals surface area contributed by atoms with Crippen molar-refractivity contribution < 1.29 is 9.21 Å². The predicted octanol–water partition coefficient (Wildman–Crippen LogP) is 4.33. The fraction of sp³-hybridized carbons (Fsp3) is 0.118. The molecule has 0 saturated heterocycles. The number of hydrogen-bond donors (Lipinski definition) is 1. The number of rotatable bonds is 2. The van der Waals surface area contributed by atoms with E-state index >= 15 is 0 Å². The van der Waals surface area contributed by atoms with Gasteiger partial charge in [0.25, 0.3) is 5.91 Å². The molecule has 0 bridgehead atoms. The Labute approximate surface area is 144 Å². The highest BCUT2D eigenvalue weighted by Gasteiger charge is 2.17. The highest BCUT2D eigenvalue weighted by molar-refractivity contribution is 7.22. The minimum absolute atomic E-state index is 0.272. The Bertz CT molecular complexity index is 1150. The standard InChI is InChI=1S/C17H12N2O3S2/c1-8-3-4-12-10(5-8)14-11(16(21)22-12)6-13(24-14)15(20)19-17-18-9(2)7-23-17/h3-7H,1-2H3,(H,18,19,20). The Balaban J connectivity index is 1.84. The Kier molecular flexibility index (Phi) is 3.47. The molecule has 120 valence electrons. The van der Waals surface area contributed by atoms with Crippen LogP contribution in [0.5, 0.6) is 0 Å². The largest absolute Gasteiger partial charge is 0.422 e. The zero-order valence-electron chi connectivity index (χ0n) is 12.9. The average molecular weight is 356 g/mol. The maximum atomic E-state index is 12.4. The molecule has 3 heterocycles. The second-order valence-electron chi connectivity index (χ2n) is 5.49. The maximum absolute atomic E-state index is 12.4. The number of carbonyl (C=O) groups excluding carboxylic acids is 1. The predicted molar refractivity (Wildman–Crippen MR) is 97.4 cm³/mol. The molecule has 5 nitrogen and oxygen atoms in total. The van der Waals surface area contributed by atoms with Gasteiger partial charge in [0.2, 0.25) is 0 Å². The number of anilines is 1. The van der Waals surface area contributed by atoms with Crippen molar-refractivity contribution in [3.05, 3.63) is 56.2 Å². The molecule has 24 heavy (non-hydrogen) atoms. The lowest BCUT2D eigenvalue weighted by Gasteiger charge is -1.99. The minimum atomic E-state index is -0.429. The average Bonchev–Trinajstić information content (AvgIpc) is 3.15. The number of hydrogen-bond acceptors (Lipinski definition) is 6. The molecule has 0 aliphatic carbocycles. The van der Waals surface area contributed by atoms with Crippen molar-refractivity contribution in [1.82, 2.24) is 4.98 Å². The van der Waals surface area contributed by atoms with Crippen LogP contribution in [0.2, 0.25) is 0 Å². The van der Waals surface area contributed by atoms with E-state index in [4.69, 9.17) is 4.42 Å². The van der Waals surface area contributed by atoms with Gasteiger partial charge in [-0.3, -0.25) is 10.1 Å². The number of benzene rings is 1. The summed E-state index contributed by atoms with van der Waals surface area (Å²) in [6.07, 6.45) is 0. The molecular weight excluding hydrogens is 344 g/mol. The molecule has 3 aromatic heterocycles. The van der Waals surface area contributed by atoms with Gasteiger partial charge in [-0.15, -0.1) is 22.7 Å². The number of fused-ring (bicyclic) bond motifs is 3. The van der Waals surface area contributed by atoms with Crippen LogP contribution in [-0.2, 0) is 0 Å². The molecule has 4 aromatic rings. The first-order valence-corrected chi connectivity index (χ1v) is 8.91. The van der Waals surface area contributed by atoms with E-state index < -0.39 is 5.63 Å². The first-order chi connectivity index (χ1) is 11.5. The molecule has 0 atom stereocenters.